The molecule has 0 rings (SSSR count). The average molecular weight is 1520 g/mol. The summed E-state index contributed by atoms with van der Waals surface area (Å²) in [5, 5.41) is 10.6. The molecule has 0 aromatic carbocycles. The molecule has 0 saturated carbocycles. The van der Waals surface area contributed by atoms with E-state index in [-0.39, 0.29) is 25.7 Å². The second-order valence-corrected chi connectivity index (χ2v) is 34.0. The van der Waals surface area contributed by atoms with Crippen molar-refractivity contribution in [1.82, 2.24) is 0 Å². The molecule has 0 aromatic heterocycles. The van der Waals surface area contributed by atoms with Crippen molar-refractivity contribution in [2.24, 2.45) is 5.92 Å². The van der Waals surface area contributed by atoms with Crippen LogP contribution in [0.1, 0.15) is 458 Å². The van der Waals surface area contributed by atoms with Crippen molar-refractivity contribution >= 4 is 39.5 Å². The largest absolute Gasteiger partial charge is 0.472 e. The van der Waals surface area contributed by atoms with Gasteiger partial charge in [-0.15, -0.1) is 0 Å². The minimum Gasteiger partial charge on any atom is -0.462 e. The zero-order valence-electron chi connectivity index (χ0n) is 68.2. The lowest BCUT2D eigenvalue weighted by molar-refractivity contribution is -0.161. The molecule has 19 heteroatoms. The zero-order chi connectivity index (χ0) is 76.2. The number of rotatable bonds is 85. The van der Waals surface area contributed by atoms with Gasteiger partial charge >= 0.3 is 39.5 Å². The van der Waals surface area contributed by atoms with Crippen LogP contribution in [0.4, 0.5) is 0 Å². The number of ether oxygens (including phenoxy) is 4. The number of aliphatic hydroxyl groups is 1. The number of carbonyl (C=O) groups excluding carboxylic acids is 4. The van der Waals surface area contributed by atoms with Crippen molar-refractivity contribution in [3.8, 4) is 0 Å². The van der Waals surface area contributed by atoms with Crippen LogP contribution in [0.5, 0.6) is 0 Å². The van der Waals surface area contributed by atoms with Gasteiger partial charge in [0.05, 0.1) is 26.4 Å². The smallest absolute Gasteiger partial charge is 0.462 e. The number of hydrogen-bond donors (Lipinski definition) is 3. The van der Waals surface area contributed by atoms with E-state index in [1.165, 1.54) is 270 Å². The minimum atomic E-state index is -4.96. The van der Waals surface area contributed by atoms with E-state index in [1.807, 2.05) is 0 Å². The molecule has 618 valence electrons. The van der Waals surface area contributed by atoms with E-state index < -0.39 is 97.5 Å². The van der Waals surface area contributed by atoms with Gasteiger partial charge in [-0.05, 0) is 31.6 Å². The Morgan fingerprint density at radius 2 is 0.442 bits per heavy atom. The number of aliphatic hydroxyl groups excluding tert-OH is 1. The number of phosphoric ester groups is 2. The summed E-state index contributed by atoms with van der Waals surface area (Å²) in [6, 6.07) is 0. The fourth-order valence-electron chi connectivity index (χ4n) is 13.3. The van der Waals surface area contributed by atoms with Crippen LogP contribution < -0.4 is 0 Å². The van der Waals surface area contributed by atoms with Gasteiger partial charge in [0.15, 0.2) is 12.2 Å². The first kappa shape index (κ1) is 102. The van der Waals surface area contributed by atoms with Gasteiger partial charge in [-0.25, -0.2) is 9.13 Å². The minimum absolute atomic E-state index is 0.108. The lowest BCUT2D eigenvalue weighted by atomic mass is 10.0. The Hall–Kier alpha value is -1.94. The number of unbranched alkanes of at least 4 members (excludes halogenated alkanes) is 57. The quantitative estimate of drug-likeness (QED) is 0.0222. The summed E-state index contributed by atoms with van der Waals surface area (Å²) in [6.45, 7) is 7.35. The van der Waals surface area contributed by atoms with Crippen molar-refractivity contribution in [2.45, 2.75) is 477 Å². The topological polar surface area (TPSA) is 237 Å². The highest BCUT2D eigenvalue weighted by molar-refractivity contribution is 7.47. The van der Waals surface area contributed by atoms with Gasteiger partial charge in [0, 0.05) is 25.7 Å². The van der Waals surface area contributed by atoms with Crippen LogP contribution in [0.2, 0.25) is 0 Å². The van der Waals surface area contributed by atoms with Gasteiger partial charge in [0.2, 0.25) is 0 Å². The van der Waals surface area contributed by atoms with Gasteiger partial charge in [-0.2, -0.15) is 0 Å². The predicted octanol–water partition coefficient (Wildman–Crippen LogP) is 26.0. The number of hydrogen-bond acceptors (Lipinski definition) is 15. The Morgan fingerprint density at radius 3 is 0.654 bits per heavy atom. The maximum Gasteiger partial charge on any atom is 0.472 e. The normalized spacial score (nSPS) is 13.8. The summed E-state index contributed by atoms with van der Waals surface area (Å²) in [6.07, 6.45) is 71.1. The van der Waals surface area contributed by atoms with E-state index in [2.05, 4.69) is 34.6 Å². The molecule has 0 saturated heterocycles. The van der Waals surface area contributed by atoms with E-state index in [0.29, 0.717) is 25.7 Å². The highest BCUT2D eigenvalue weighted by atomic mass is 31.2. The Morgan fingerprint density at radius 1 is 0.260 bits per heavy atom. The average Bonchev–Trinajstić information content (AvgIpc) is 0.906. The summed E-state index contributed by atoms with van der Waals surface area (Å²) in [5.74, 6) is -1.29. The molecule has 0 aromatic rings. The molecule has 0 fully saturated rings. The molecular formula is C85H166O17P2. The van der Waals surface area contributed by atoms with Gasteiger partial charge in [-0.1, -0.05) is 407 Å². The first-order valence-corrected chi connectivity index (χ1v) is 47.1. The first-order valence-electron chi connectivity index (χ1n) is 44.1. The van der Waals surface area contributed by atoms with Crippen LogP contribution >= 0.6 is 15.6 Å². The van der Waals surface area contributed by atoms with E-state index >= 15 is 0 Å². The van der Waals surface area contributed by atoms with Crippen LogP contribution in [-0.2, 0) is 65.4 Å². The summed E-state index contributed by atoms with van der Waals surface area (Å²) in [5.41, 5.74) is 0. The Kier molecular flexibility index (Phi) is 76.3. The Bertz CT molecular complexity index is 1980. The van der Waals surface area contributed by atoms with Crippen LogP contribution in [-0.4, -0.2) is 96.7 Å². The molecule has 0 amide bonds. The van der Waals surface area contributed by atoms with Crippen molar-refractivity contribution in [3.63, 3.8) is 0 Å². The molecule has 0 heterocycles. The molecule has 3 N–H and O–H groups in total. The molecule has 0 bridgehead atoms. The zero-order valence-corrected chi connectivity index (χ0v) is 70.0. The second kappa shape index (κ2) is 77.8. The molecule has 0 aliphatic rings. The van der Waals surface area contributed by atoms with E-state index in [0.717, 1.165) is 109 Å². The van der Waals surface area contributed by atoms with Gasteiger partial charge in [0.25, 0.3) is 0 Å². The lowest BCUT2D eigenvalue weighted by Gasteiger charge is -2.21. The molecular weight excluding hydrogens is 1350 g/mol. The second-order valence-electron chi connectivity index (χ2n) is 31.1. The molecule has 5 atom stereocenters. The van der Waals surface area contributed by atoms with Crippen LogP contribution in [0.3, 0.4) is 0 Å². The first-order chi connectivity index (χ1) is 50.5. The van der Waals surface area contributed by atoms with Crippen LogP contribution in [0.15, 0.2) is 0 Å². The molecule has 17 nitrogen and oxygen atoms in total. The molecule has 0 radical (unpaired) electrons. The van der Waals surface area contributed by atoms with Crippen LogP contribution in [0, 0.1) is 5.92 Å². The van der Waals surface area contributed by atoms with Gasteiger partial charge in [-0.3, -0.25) is 37.3 Å². The third kappa shape index (κ3) is 78.2. The Balaban J connectivity index is 5.15. The SMILES string of the molecule is CCCCCCCCCCCCCCCCCCCCCCCC(=O)OC[C@H](COP(=O)(O)OC[C@@H](O)COP(=O)(O)OC[C@@H](COC(=O)CCCCCCCCC)OC(=O)CCCCCCCCCCCCCCCCC)OC(=O)CCCCCCCCCCCCCCCCCCCCC(C)C. The van der Waals surface area contributed by atoms with E-state index in [4.69, 9.17) is 37.0 Å². The monoisotopic (exact) mass is 1520 g/mol. The maximum absolute atomic E-state index is 13.1. The van der Waals surface area contributed by atoms with Crippen molar-refractivity contribution < 1.29 is 80.2 Å². The number of carbonyl (C=O) groups is 4. The standard InChI is InChI=1S/C85H166O17P2/c1-6-9-12-15-18-20-22-24-26-27-28-29-30-34-38-41-45-49-54-59-64-69-83(88)96-75-81(102-85(90)71-66-61-56-51-47-43-39-35-32-31-33-37-40-44-48-53-57-62-67-78(4)5)77-100-104(93,94)98-73-79(86)72-97-103(91,92)99-76-80(74-95-82(87)68-63-58-52-17-14-11-8-3)101-84(89)70-65-60-55-50-46-42-36-25-23-21-19-16-13-10-7-2/h78-81,86H,6-77H2,1-5H3,(H,91,92)(H,93,94)/t79-,80+,81+/m0/s1. The third-order valence-corrected chi connectivity index (χ3v) is 21.9. The summed E-state index contributed by atoms with van der Waals surface area (Å²) in [4.78, 5) is 73.0. The fraction of sp³-hybridized carbons (Fsp3) is 0.953. The van der Waals surface area contributed by atoms with Gasteiger partial charge < -0.3 is 33.8 Å². The Labute approximate surface area is 638 Å². The molecule has 0 spiro atoms. The van der Waals surface area contributed by atoms with E-state index in [1.54, 1.807) is 0 Å². The van der Waals surface area contributed by atoms with Crippen molar-refractivity contribution in [3.05, 3.63) is 0 Å². The summed E-state index contributed by atoms with van der Waals surface area (Å²) in [7, 11) is -9.92. The molecule has 2 unspecified atom stereocenters. The predicted molar refractivity (Wildman–Crippen MR) is 428 cm³/mol. The number of phosphoric acid groups is 2. The van der Waals surface area contributed by atoms with Crippen molar-refractivity contribution in [1.29, 1.82) is 0 Å². The molecule has 0 aliphatic carbocycles. The van der Waals surface area contributed by atoms with Gasteiger partial charge in [0.1, 0.15) is 19.3 Å². The fourth-order valence-corrected chi connectivity index (χ4v) is 14.9. The van der Waals surface area contributed by atoms with Crippen molar-refractivity contribution in [2.75, 3.05) is 39.6 Å². The maximum atomic E-state index is 13.1. The highest BCUT2D eigenvalue weighted by Gasteiger charge is 2.30. The highest BCUT2D eigenvalue weighted by Crippen LogP contribution is 2.45. The van der Waals surface area contributed by atoms with E-state index in [9.17, 15) is 43.2 Å². The lowest BCUT2D eigenvalue weighted by Crippen LogP contribution is -2.30. The third-order valence-electron chi connectivity index (χ3n) is 20.0. The molecule has 0 aliphatic heterocycles. The molecule has 104 heavy (non-hydrogen) atoms. The number of esters is 4. The summed E-state index contributed by atoms with van der Waals surface area (Å²) >= 11 is 0. The van der Waals surface area contributed by atoms with Crippen LogP contribution in [0.25, 0.3) is 0 Å². The summed E-state index contributed by atoms with van der Waals surface area (Å²) < 4.78 is 68.7.